The Morgan fingerprint density at radius 3 is 3.09 bits per heavy atom. The molecule has 1 amide bonds. The Hall–Kier alpha value is -1.93. The fourth-order valence-electron chi connectivity index (χ4n) is 2.19. The smallest absolute Gasteiger partial charge is 0.237 e. The number of hydrogen-bond donors (Lipinski definition) is 1. The van der Waals surface area contributed by atoms with Crippen molar-refractivity contribution in [2.24, 2.45) is 0 Å². The van der Waals surface area contributed by atoms with Crippen molar-refractivity contribution in [2.45, 2.75) is 35.3 Å². The molecule has 4 rings (SSSR count). The predicted octanol–water partition coefficient (Wildman–Crippen LogP) is 3.68. The van der Waals surface area contributed by atoms with E-state index in [1.807, 2.05) is 25.1 Å². The van der Waals surface area contributed by atoms with Gasteiger partial charge in [0, 0.05) is 11.6 Å². The van der Waals surface area contributed by atoms with Crippen molar-refractivity contribution in [3.05, 3.63) is 29.6 Å². The van der Waals surface area contributed by atoms with E-state index in [9.17, 15) is 4.79 Å². The third-order valence-electron chi connectivity index (χ3n) is 3.59. The molecule has 1 fully saturated rings. The van der Waals surface area contributed by atoms with Crippen molar-refractivity contribution in [1.82, 2.24) is 15.2 Å². The standard InChI is InChI=1S/C15H14N4O2S2/c1-8(23-15-19-16-7-22-15)13(20)17-10-4-5-12-11(6-10)18-14(21-12)9-2-3-9/h4-9H,2-3H2,1H3,(H,17,20). The number of fused-ring (bicyclic) bond motifs is 1. The summed E-state index contributed by atoms with van der Waals surface area (Å²) in [7, 11) is 0. The minimum atomic E-state index is -0.252. The molecule has 2 heterocycles. The average Bonchev–Trinajstić information content (AvgIpc) is 3.10. The number of carbonyl (C=O) groups is 1. The number of anilines is 1. The zero-order valence-electron chi connectivity index (χ0n) is 12.4. The molecule has 1 aliphatic rings. The topological polar surface area (TPSA) is 80.9 Å². The molecule has 1 N–H and O–H groups in total. The van der Waals surface area contributed by atoms with Crippen LogP contribution in [0.3, 0.4) is 0 Å². The first kappa shape index (κ1) is 14.6. The van der Waals surface area contributed by atoms with Gasteiger partial charge in [0.05, 0.1) is 5.25 Å². The van der Waals surface area contributed by atoms with Gasteiger partial charge in [-0.15, -0.1) is 10.2 Å². The Kier molecular flexibility index (Phi) is 3.78. The largest absolute Gasteiger partial charge is 0.440 e. The molecule has 0 radical (unpaired) electrons. The number of nitrogens with zero attached hydrogens (tertiary/aromatic N) is 3. The molecule has 2 aromatic heterocycles. The van der Waals surface area contributed by atoms with Gasteiger partial charge in [-0.05, 0) is 38.0 Å². The lowest BCUT2D eigenvalue weighted by Crippen LogP contribution is -2.22. The maximum atomic E-state index is 12.3. The molecule has 0 saturated heterocycles. The lowest BCUT2D eigenvalue weighted by molar-refractivity contribution is -0.115. The number of amides is 1. The molecule has 0 spiro atoms. The van der Waals surface area contributed by atoms with Crippen LogP contribution in [-0.4, -0.2) is 26.3 Å². The molecule has 1 aliphatic carbocycles. The fraction of sp³-hybridized carbons (Fsp3) is 0.333. The first-order valence-electron chi connectivity index (χ1n) is 7.33. The summed E-state index contributed by atoms with van der Waals surface area (Å²) in [5.41, 5.74) is 3.93. The van der Waals surface area contributed by atoms with E-state index in [2.05, 4.69) is 20.5 Å². The number of oxazole rings is 1. The molecule has 3 aromatic rings. The van der Waals surface area contributed by atoms with Gasteiger partial charge in [0.25, 0.3) is 0 Å². The SMILES string of the molecule is CC(Sc1nncs1)C(=O)Nc1ccc2oc(C3CC3)nc2c1. The van der Waals surface area contributed by atoms with Crippen molar-refractivity contribution >= 4 is 45.8 Å². The highest BCUT2D eigenvalue weighted by atomic mass is 32.2. The van der Waals surface area contributed by atoms with Crippen LogP contribution in [0, 0.1) is 0 Å². The quantitative estimate of drug-likeness (QED) is 0.710. The molecule has 1 saturated carbocycles. The summed E-state index contributed by atoms with van der Waals surface area (Å²) in [4.78, 5) is 16.8. The maximum Gasteiger partial charge on any atom is 0.237 e. The van der Waals surface area contributed by atoms with Crippen LogP contribution in [0.1, 0.15) is 31.6 Å². The molecule has 6 nitrogen and oxygen atoms in total. The van der Waals surface area contributed by atoms with E-state index in [0.29, 0.717) is 5.92 Å². The molecular formula is C15H14N4O2S2. The van der Waals surface area contributed by atoms with Crippen LogP contribution in [0.15, 0.2) is 32.5 Å². The van der Waals surface area contributed by atoms with E-state index in [1.165, 1.54) is 23.1 Å². The molecule has 0 aliphatic heterocycles. The zero-order valence-corrected chi connectivity index (χ0v) is 14.0. The third-order valence-corrected chi connectivity index (χ3v) is 5.50. The Balaban J connectivity index is 1.46. The number of nitrogens with one attached hydrogen (secondary N) is 1. The summed E-state index contributed by atoms with van der Waals surface area (Å²) in [6, 6.07) is 5.54. The molecule has 1 unspecified atom stereocenters. The highest BCUT2D eigenvalue weighted by Crippen LogP contribution is 2.40. The summed E-state index contributed by atoms with van der Waals surface area (Å²) < 4.78 is 6.51. The summed E-state index contributed by atoms with van der Waals surface area (Å²) in [6.45, 7) is 1.85. The molecule has 0 bridgehead atoms. The van der Waals surface area contributed by atoms with Crippen LogP contribution in [0.2, 0.25) is 0 Å². The average molecular weight is 346 g/mol. The van der Waals surface area contributed by atoms with Gasteiger partial charge in [0.2, 0.25) is 5.91 Å². The van der Waals surface area contributed by atoms with Gasteiger partial charge in [-0.25, -0.2) is 4.98 Å². The van der Waals surface area contributed by atoms with Crippen molar-refractivity contribution in [1.29, 1.82) is 0 Å². The van der Waals surface area contributed by atoms with Crippen LogP contribution in [0.5, 0.6) is 0 Å². The Bertz CT molecular complexity index is 842. The summed E-state index contributed by atoms with van der Waals surface area (Å²) in [5.74, 6) is 1.21. The minimum Gasteiger partial charge on any atom is -0.440 e. The van der Waals surface area contributed by atoms with Crippen molar-refractivity contribution in [2.75, 3.05) is 5.32 Å². The number of benzene rings is 1. The first-order valence-corrected chi connectivity index (χ1v) is 9.09. The summed E-state index contributed by atoms with van der Waals surface area (Å²) in [6.07, 6.45) is 2.30. The van der Waals surface area contributed by atoms with Crippen molar-refractivity contribution in [3.63, 3.8) is 0 Å². The molecule has 1 aromatic carbocycles. The van der Waals surface area contributed by atoms with Gasteiger partial charge in [0.15, 0.2) is 15.8 Å². The van der Waals surface area contributed by atoms with Gasteiger partial charge in [-0.2, -0.15) is 0 Å². The molecule has 1 atom stereocenters. The third kappa shape index (κ3) is 3.23. The van der Waals surface area contributed by atoms with Crippen LogP contribution in [0.25, 0.3) is 11.1 Å². The highest BCUT2D eigenvalue weighted by Gasteiger charge is 2.29. The molecule has 8 heteroatoms. The predicted molar refractivity (Wildman–Crippen MR) is 89.8 cm³/mol. The summed E-state index contributed by atoms with van der Waals surface area (Å²) in [5, 5.41) is 10.4. The number of rotatable bonds is 5. The molecule has 118 valence electrons. The highest BCUT2D eigenvalue weighted by molar-refractivity contribution is 8.02. The van der Waals surface area contributed by atoms with Gasteiger partial charge < -0.3 is 9.73 Å². The maximum absolute atomic E-state index is 12.3. The van der Waals surface area contributed by atoms with Gasteiger partial charge in [-0.1, -0.05) is 23.1 Å². The van der Waals surface area contributed by atoms with Crippen LogP contribution in [-0.2, 0) is 4.79 Å². The van der Waals surface area contributed by atoms with E-state index >= 15 is 0 Å². The molecular weight excluding hydrogens is 332 g/mol. The van der Waals surface area contributed by atoms with Gasteiger partial charge >= 0.3 is 0 Å². The van der Waals surface area contributed by atoms with E-state index < -0.39 is 0 Å². The second-order valence-corrected chi connectivity index (χ2v) is 7.88. The lowest BCUT2D eigenvalue weighted by atomic mass is 10.3. The Morgan fingerprint density at radius 2 is 2.35 bits per heavy atom. The van der Waals surface area contributed by atoms with Crippen molar-refractivity contribution < 1.29 is 9.21 Å². The number of thioether (sulfide) groups is 1. The normalized spacial score (nSPS) is 15.7. The van der Waals surface area contributed by atoms with Crippen molar-refractivity contribution in [3.8, 4) is 0 Å². The van der Waals surface area contributed by atoms with E-state index in [1.54, 1.807) is 5.51 Å². The number of carbonyl (C=O) groups excluding carboxylic acids is 1. The van der Waals surface area contributed by atoms with E-state index in [0.717, 1.165) is 39.9 Å². The second kappa shape index (κ2) is 5.93. The Labute approximate surface area is 140 Å². The fourth-order valence-corrected chi connectivity index (χ4v) is 3.82. The van der Waals surface area contributed by atoms with Crippen LogP contribution >= 0.6 is 23.1 Å². The molecule has 23 heavy (non-hydrogen) atoms. The number of aromatic nitrogens is 3. The van der Waals surface area contributed by atoms with Gasteiger partial charge in [0.1, 0.15) is 11.0 Å². The van der Waals surface area contributed by atoms with Crippen LogP contribution in [0.4, 0.5) is 5.69 Å². The summed E-state index contributed by atoms with van der Waals surface area (Å²) >= 11 is 2.82. The first-order chi connectivity index (χ1) is 11.2. The van der Waals surface area contributed by atoms with Crippen LogP contribution < -0.4 is 5.32 Å². The monoisotopic (exact) mass is 346 g/mol. The number of hydrogen-bond acceptors (Lipinski definition) is 7. The lowest BCUT2D eigenvalue weighted by Gasteiger charge is -2.10. The van der Waals surface area contributed by atoms with E-state index in [4.69, 9.17) is 4.42 Å². The van der Waals surface area contributed by atoms with E-state index in [-0.39, 0.29) is 11.2 Å². The second-order valence-electron chi connectivity index (χ2n) is 5.46. The zero-order chi connectivity index (χ0) is 15.8. The Morgan fingerprint density at radius 1 is 1.48 bits per heavy atom. The minimum absolute atomic E-state index is 0.0736. The van der Waals surface area contributed by atoms with Gasteiger partial charge in [-0.3, -0.25) is 4.79 Å².